The van der Waals surface area contributed by atoms with Gasteiger partial charge in [0.2, 0.25) is 5.91 Å². The SMILES string of the molecule is CNCCCNC(=O)CCCc1cc(Cl)sc1Cl. The van der Waals surface area contributed by atoms with Crippen LogP contribution in [0.4, 0.5) is 0 Å². The maximum absolute atomic E-state index is 11.5. The summed E-state index contributed by atoms with van der Waals surface area (Å²) in [7, 11) is 1.90. The lowest BCUT2D eigenvalue weighted by Gasteiger charge is -2.04. The first-order valence-electron chi connectivity index (χ1n) is 5.98. The Morgan fingerprint density at radius 3 is 2.72 bits per heavy atom. The molecule has 1 heterocycles. The van der Waals surface area contributed by atoms with E-state index in [-0.39, 0.29) is 5.91 Å². The first-order chi connectivity index (χ1) is 8.63. The van der Waals surface area contributed by atoms with E-state index in [1.54, 1.807) is 0 Å². The molecule has 0 spiro atoms. The Balaban J connectivity index is 2.13. The van der Waals surface area contributed by atoms with Crippen LogP contribution < -0.4 is 10.6 Å². The molecule has 0 radical (unpaired) electrons. The van der Waals surface area contributed by atoms with E-state index < -0.39 is 0 Å². The van der Waals surface area contributed by atoms with Crippen LogP contribution in [0.2, 0.25) is 8.67 Å². The molecule has 18 heavy (non-hydrogen) atoms. The predicted octanol–water partition coefficient (Wildman–Crippen LogP) is 3.10. The number of hydrogen-bond donors (Lipinski definition) is 2. The maximum Gasteiger partial charge on any atom is 0.220 e. The van der Waals surface area contributed by atoms with Crippen molar-refractivity contribution >= 4 is 40.4 Å². The van der Waals surface area contributed by atoms with E-state index >= 15 is 0 Å². The first kappa shape index (κ1) is 15.8. The van der Waals surface area contributed by atoms with Crippen molar-refractivity contribution in [3.63, 3.8) is 0 Å². The van der Waals surface area contributed by atoms with E-state index in [9.17, 15) is 4.79 Å². The summed E-state index contributed by atoms with van der Waals surface area (Å²) in [6.07, 6.45) is 3.08. The van der Waals surface area contributed by atoms with Gasteiger partial charge in [-0.05, 0) is 44.5 Å². The molecule has 2 N–H and O–H groups in total. The number of hydrogen-bond acceptors (Lipinski definition) is 3. The van der Waals surface area contributed by atoms with Crippen LogP contribution in [-0.2, 0) is 11.2 Å². The van der Waals surface area contributed by atoms with Gasteiger partial charge in [-0.3, -0.25) is 4.79 Å². The zero-order valence-corrected chi connectivity index (χ0v) is 12.7. The number of thiophene rings is 1. The van der Waals surface area contributed by atoms with Crippen LogP contribution in [0, 0.1) is 0 Å². The molecule has 0 atom stereocenters. The van der Waals surface area contributed by atoms with Gasteiger partial charge < -0.3 is 10.6 Å². The zero-order chi connectivity index (χ0) is 13.4. The van der Waals surface area contributed by atoms with Crippen molar-refractivity contribution < 1.29 is 4.79 Å². The fraction of sp³-hybridized carbons (Fsp3) is 0.583. The van der Waals surface area contributed by atoms with Crippen molar-refractivity contribution in [1.29, 1.82) is 0 Å². The second-order valence-corrected chi connectivity index (χ2v) is 6.30. The minimum Gasteiger partial charge on any atom is -0.356 e. The smallest absolute Gasteiger partial charge is 0.220 e. The van der Waals surface area contributed by atoms with Gasteiger partial charge in [-0.2, -0.15) is 0 Å². The summed E-state index contributed by atoms with van der Waals surface area (Å²) in [5, 5.41) is 5.93. The normalized spacial score (nSPS) is 10.6. The van der Waals surface area contributed by atoms with Crippen molar-refractivity contribution in [2.45, 2.75) is 25.7 Å². The molecule has 0 unspecified atom stereocenters. The van der Waals surface area contributed by atoms with Gasteiger partial charge in [-0.25, -0.2) is 0 Å². The van der Waals surface area contributed by atoms with Crippen LogP contribution in [0.3, 0.4) is 0 Å². The summed E-state index contributed by atoms with van der Waals surface area (Å²) >= 11 is 13.2. The van der Waals surface area contributed by atoms with Crippen molar-refractivity contribution in [3.05, 3.63) is 20.3 Å². The molecule has 3 nitrogen and oxygen atoms in total. The fourth-order valence-electron chi connectivity index (χ4n) is 1.57. The Kier molecular flexibility index (Phi) is 7.66. The van der Waals surface area contributed by atoms with Crippen molar-refractivity contribution in [1.82, 2.24) is 10.6 Å². The highest BCUT2D eigenvalue weighted by molar-refractivity contribution is 7.20. The summed E-state index contributed by atoms with van der Waals surface area (Å²) in [5.74, 6) is 0.101. The molecule has 1 aromatic rings. The molecule has 0 aliphatic carbocycles. The number of amides is 1. The summed E-state index contributed by atoms with van der Waals surface area (Å²) in [5.41, 5.74) is 1.04. The zero-order valence-electron chi connectivity index (χ0n) is 10.4. The summed E-state index contributed by atoms with van der Waals surface area (Å²) in [4.78, 5) is 11.5. The molecule has 6 heteroatoms. The third-order valence-electron chi connectivity index (χ3n) is 2.50. The number of carbonyl (C=O) groups is 1. The number of aryl methyl sites for hydroxylation is 1. The van der Waals surface area contributed by atoms with Gasteiger partial charge in [-0.15, -0.1) is 11.3 Å². The molecule has 1 rings (SSSR count). The second-order valence-electron chi connectivity index (χ2n) is 4.01. The minimum absolute atomic E-state index is 0.101. The number of nitrogens with one attached hydrogen (secondary N) is 2. The maximum atomic E-state index is 11.5. The summed E-state index contributed by atoms with van der Waals surface area (Å²) < 4.78 is 1.43. The molecule has 0 fully saturated rings. The average Bonchev–Trinajstić information content (AvgIpc) is 2.64. The third-order valence-corrected chi connectivity index (χ3v) is 4.07. The van der Waals surface area contributed by atoms with Gasteiger partial charge in [0.1, 0.15) is 0 Å². The standard InChI is InChI=1S/C12H18Cl2N2OS/c1-15-6-3-7-16-11(17)5-2-4-9-8-10(13)18-12(9)14/h8,15H,2-7H2,1H3,(H,16,17). The number of carbonyl (C=O) groups excluding carboxylic acids is 1. The van der Waals surface area contributed by atoms with Gasteiger partial charge >= 0.3 is 0 Å². The Morgan fingerprint density at radius 2 is 2.11 bits per heavy atom. The van der Waals surface area contributed by atoms with Crippen LogP contribution in [0.15, 0.2) is 6.07 Å². The van der Waals surface area contributed by atoms with E-state index in [2.05, 4.69) is 10.6 Å². The van der Waals surface area contributed by atoms with Gasteiger partial charge in [0.25, 0.3) is 0 Å². The number of rotatable bonds is 8. The van der Waals surface area contributed by atoms with Gasteiger partial charge in [0.05, 0.1) is 8.67 Å². The van der Waals surface area contributed by atoms with E-state index in [1.165, 1.54) is 11.3 Å². The Bertz CT molecular complexity index is 382. The highest BCUT2D eigenvalue weighted by Crippen LogP contribution is 2.31. The molecule has 0 aliphatic rings. The topological polar surface area (TPSA) is 41.1 Å². The fourth-order valence-corrected chi connectivity index (χ4v) is 3.11. The minimum atomic E-state index is 0.101. The largest absolute Gasteiger partial charge is 0.356 e. The highest BCUT2D eigenvalue weighted by atomic mass is 35.5. The molecule has 0 bridgehead atoms. The first-order valence-corrected chi connectivity index (χ1v) is 7.55. The quantitative estimate of drug-likeness (QED) is 0.725. The van der Waals surface area contributed by atoms with Crippen LogP contribution in [-0.4, -0.2) is 26.0 Å². The van der Waals surface area contributed by atoms with E-state index in [1.807, 2.05) is 13.1 Å². The Morgan fingerprint density at radius 1 is 1.33 bits per heavy atom. The number of halogens is 2. The molecule has 1 aromatic heterocycles. The lowest BCUT2D eigenvalue weighted by molar-refractivity contribution is -0.121. The molecule has 0 saturated carbocycles. The van der Waals surface area contributed by atoms with Crippen molar-refractivity contribution in [2.24, 2.45) is 0 Å². The summed E-state index contributed by atoms with van der Waals surface area (Å²) in [6, 6.07) is 1.87. The molecule has 1 amide bonds. The molecular weight excluding hydrogens is 291 g/mol. The lowest BCUT2D eigenvalue weighted by Crippen LogP contribution is -2.26. The van der Waals surface area contributed by atoms with Crippen LogP contribution in [0.1, 0.15) is 24.8 Å². The van der Waals surface area contributed by atoms with Gasteiger partial charge in [-0.1, -0.05) is 23.2 Å². The van der Waals surface area contributed by atoms with E-state index in [0.29, 0.717) is 10.8 Å². The lowest BCUT2D eigenvalue weighted by atomic mass is 10.1. The predicted molar refractivity (Wildman–Crippen MR) is 78.8 cm³/mol. The van der Waals surface area contributed by atoms with Crippen LogP contribution in [0.25, 0.3) is 0 Å². The monoisotopic (exact) mass is 308 g/mol. The highest BCUT2D eigenvalue weighted by Gasteiger charge is 2.07. The molecule has 102 valence electrons. The molecule has 0 aromatic carbocycles. The van der Waals surface area contributed by atoms with Gasteiger partial charge in [0.15, 0.2) is 0 Å². The third kappa shape index (κ3) is 6.05. The Labute approximate surface area is 122 Å². The average molecular weight is 309 g/mol. The molecule has 0 aliphatic heterocycles. The molecule has 0 saturated heterocycles. The van der Waals surface area contributed by atoms with Gasteiger partial charge in [0, 0.05) is 13.0 Å². The van der Waals surface area contributed by atoms with Crippen LogP contribution >= 0.6 is 34.5 Å². The van der Waals surface area contributed by atoms with Crippen molar-refractivity contribution in [3.8, 4) is 0 Å². The van der Waals surface area contributed by atoms with E-state index in [0.717, 1.165) is 42.3 Å². The second kappa shape index (κ2) is 8.75. The van der Waals surface area contributed by atoms with E-state index in [4.69, 9.17) is 23.2 Å². The summed E-state index contributed by atoms with van der Waals surface area (Å²) in [6.45, 7) is 1.65. The molecular formula is C12H18Cl2N2OS. The van der Waals surface area contributed by atoms with Crippen molar-refractivity contribution in [2.75, 3.05) is 20.1 Å². The Hall–Kier alpha value is -0.290. The van der Waals surface area contributed by atoms with Crippen LogP contribution in [0.5, 0.6) is 0 Å².